The maximum atomic E-state index is 6.11. The van der Waals surface area contributed by atoms with E-state index in [4.69, 9.17) is 33.2 Å². The SMILES string of the molecule is COc1ccccc1/C=C/OC[C@H]1O[C@@H]2OC(C)(C)O[C@@H]2[C@H]2OC(C)(C)O[C@H]21. The minimum atomic E-state index is -0.727. The van der Waals surface area contributed by atoms with Crippen molar-refractivity contribution in [2.75, 3.05) is 13.7 Å². The van der Waals surface area contributed by atoms with Gasteiger partial charge in [-0.1, -0.05) is 18.2 Å². The summed E-state index contributed by atoms with van der Waals surface area (Å²) in [6.45, 7) is 7.82. The van der Waals surface area contributed by atoms with Crippen molar-refractivity contribution in [2.24, 2.45) is 0 Å². The molecule has 3 aliphatic rings. The molecule has 0 saturated carbocycles. The first-order chi connectivity index (χ1) is 13.3. The highest BCUT2D eigenvalue weighted by Gasteiger charge is 2.60. The van der Waals surface area contributed by atoms with Gasteiger partial charge in [-0.3, -0.25) is 0 Å². The zero-order chi connectivity index (χ0) is 19.9. The molecule has 3 saturated heterocycles. The van der Waals surface area contributed by atoms with Crippen LogP contribution in [0, 0.1) is 0 Å². The quantitative estimate of drug-likeness (QED) is 0.714. The average Bonchev–Trinajstić information content (AvgIpc) is 3.13. The first-order valence-electron chi connectivity index (χ1n) is 9.56. The summed E-state index contributed by atoms with van der Waals surface area (Å²) in [5.41, 5.74) is 0.934. The molecular weight excluding hydrogens is 364 g/mol. The molecule has 3 fully saturated rings. The zero-order valence-electron chi connectivity index (χ0n) is 16.9. The van der Waals surface area contributed by atoms with Crippen molar-refractivity contribution >= 4 is 6.08 Å². The van der Waals surface area contributed by atoms with E-state index in [1.807, 2.05) is 58.0 Å². The Morgan fingerprint density at radius 3 is 2.39 bits per heavy atom. The van der Waals surface area contributed by atoms with E-state index in [1.54, 1.807) is 13.4 Å². The average molecular weight is 392 g/mol. The zero-order valence-corrected chi connectivity index (χ0v) is 16.9. The van der Waals surface area contributed by atoms with E-state index in [0.717, 1.165) is 11.3 Å². The summed E-state index contributed by atoms with van der Waals surface area (Å²) in [7, 11) is 1.64. The van der Waals surface area contributed by atoms with Crippen molar-refractivity contribution in [3.8, 4) is 5.75 Å². The number of rotatable bonds is 5. The van der Waals surface area contributed by atoms with Gasteiger partial charge in [0.15, 0.2) is 17.9 Å². The van der Waals surface area contributed by atoms with E-state index in [-0.39, 0.29) is 24.4 Å². The predicted octanol–water partition coefficient (Wildman–Crippen LogP) is 3.08. The van der Waals surface area contributed by atoms with E-state index in [1.165, 1.54) is 0 Å². The van der Waals surface area contributed by atoms with Crippen LogP contribution in [0.2, 0.25) is 0 Å². The van der Waals surface area contributed by atoms with E-state index in [0.29, 0.717) is 6.61 Å². The highest BCUT2D eigenvalue weighted by Crippen LogP contribution is 2.44. The van der Waals surface area contributed by atoms with Crippen molar-refractivity contribution in [1.29, 1.82) is 0 Å². The first-order valence-corrected chi connectivity index (χ1v) is 9.56. The second-order valence-corrected chi connectivity index (χ2v) is 8.09. The standard InChI is InChI=1S/C21H28O7/c1-20(2)25-16-15(12-23-11-10-13-8-6-7-9-14(13)22-5)24-19-18(17(16)26-20)27-21(3,4)28-19/h6-11,15-19H,12H2,1-5H3/b11-10+/t15-,16+,17+,18-,19-/m1/s1. The van der Waals surface area contributed by atoms with Gasteiger partial charge < -0.3 is 33.2 Å². The van der Waals surface area contributed by atoms with E-state index >= 15 is 0 Å². The van der Waals surface area contributed by atoms with Crippen molar-refractivity contribution in [2.45, 2.75) is 70.0 Å². The summed E-state index contributed by atoms with van der Waals surface area (Å²) in [5, 5.41) is 0. The minimum absolute atomic E-state index is 0.276. The fraction of sp³-hybridized carbons (Fsp3) is 0.619. The van der Waals surface area contributed by atoms with E-state index in [9.17, 15) is 0 Å². The molecule has 154 valence electrons. The van der Waals surface area contributed by atoms with Gasteiger partial charge in [-0.25, -0.2) is 0 Å². The summed E-state index contributed by atoms with van der Waals surface area (Å²) in [6, 6.07) is 7.73. The number of hydrogen-bond donors (Lipinski definition) is 0. The third kappa shape index (κ3) is 3.90. The highest BCUT2D eigenvalue weighted by atomic mass is 16.9. The second-order valence-electron chi connectivity index (χ2n) is 8.09. The Balaban J connectivity index is 1.43. The Labute approximate surface area is 165 Å². The minimum Gasteiger partial charge on any atom is -0.498 e. The second kappa shape index (κ2) is 7.31. The van der Waals surface area contributed by atoms with Gasteiger partial charge in [-0.15, -0.1) is 0 Å². The predicted molar refractivity (Wildman–Crippen MR) is 101 cm³/mol. The Hall–Kier alpha value is -1.64. The van der Waals surface area contributed by atoms with Crippen molar-refractivity contribution in [3.63, 3.8) is 0 Å². The van der Waals surface area contributed by atoms with Gasteiger partial charge >= 0.3 is 0 Å². The normalized spacial score (nSPS) is 35.5. The number of para-hydroxylation sites is 1. The molecule has 1 aromatic rings. The first kappa shape index (κ1) is 19.7. The van der Waals surface area contributed by atoms with Gasteiger partial charge in [-0.2, -0.15) is 0 Å². The van der Waals surface area contributed by atoms with Crippen LogP contribution in [0.4, 0.5) is 0 Å². The van der Waals surface area contributed by atoms with Crippen LogP contribution in [0.25, 0.3) is 6.08 Å². The third-order valence-electron chi connectivity index (χ3n) is 4.99. The number of ether oxygens (including phenoxy) is 7. The van der Waals surface area contributed by atoms with Gasteiger partial charge in [0.25, 0.3) is 0 Å². The molecule has 5 atom stereocenters. The number of methoxy groups -OCH3 is 1. The monoisotopic (exact) mass is 392 g/mol. The number of hydrogen-bond acceptors (Lipinski definition) is 7. The fourth-order valence-corrected chi connectivity index (χ4v) is 3.90. The lowest BCUT2D eigenvalue weighted by molar-refractivity contribution is -0.240. The van der Waals surface area contributed by atoms with Crippen LogP contribution < -0.4 is 4.74 Å². The largest absolute Gasteiger partial charge is 0.498 e. The van der Waals surface area contributed by atoms with Gasteiger partial charge in [0.05, 0.1) is 13.4 Å². The lowest BCUT2D eigenvalue weighted by Gasteiger charge is -2.36. The molecule has 7 heteroatoms. The van der Waals surface area contributed by atoms with Crippen LogP contribution in [0.5, 0.6) is 5.75 Å². The van der Waals surface area contributed by atoms with Crippen molar-refractivity contribution in [1.82, 2.24) is 0 Å². The molecule has 28 heavy (non-hydrogen) atoms. The van der Waals surface area contributed by atoms with Crippen molar-refractivity contribution in [3.05, 3.63) is 36.1 Å². The molecule has 4 rings (SSSR count). The Morgan fingerprint density at radius 1 is 0.929 bits per heavy atom. The van der Waals surface area contributed by atoms with Crippen LogP contribution in [0.15, 0.2) is 30.5 Å². The summed E-state index contributed by atoms with van der Waals surface area (Å²) < 4.78 is 41.3. The molecule has 7 nitrogen and oxygen atoms in total. The highest BCUT2D eigenvalue weighted by molar-refractivity contribution is 5.56. The lowest BCUT2D eigenvalue weighted by atomic mass is 9.99. The van der Waals surface area contributed by atoms with Crippen LogP contribution in [0.3, 0.4) is 0 Å². The molecule has 0 radical (unpaired) electrons. The molecule has 1 aromatic carbocycles. The summed E-state index contributed by atoms with van der Waals surface area (Å²) in [4.78, 5) is 0. The van der Waals surface area contributed by atoms with Crippen molar-refractivity contribution < 1.29 is 33.2 Å². The van der Waals surface area contributed by atoms with Gasteiger partial charge in [0.2, 0.25) is 0 Å². The molecule has 0 amide bonds. The topological polar surface area (TPSA) is 64.6 Å². The Kier molecular flexibility index (Phi) is 5.14. The van der Waals surface area contributed by atoms with Gasteiger partial charge in [0, 0.05) is 5.56 Å². The summed E-state index contributed by atoms with van der Waals surface area (Å²) in [6.07, 6.45) is 1.74. The summed E-state index contributed by atoms with van der Waals surface area (Å²) >= 11 is 0. The van der Waals surface area contributed by atoms with Crippen LogP contribution in [-0.2, 0) is 28.4 Å². The molecule has 0 aromatic heterocycles. The fourth-order valence-electron chi connectivity index (χ4n) is 3.90. The molecule has 0 aliphatic carbocycles. The molecule has 3 aliphatic heterocycles. The van der Waals surface area contributed by atoms with Gasteiger partial charge in [0.1, 0.15) is 36.8 Å². The maximum Gasteiger partial charge on any atom is 0.190 e. The number of benzene rings is 1. The molecule has 0 unspecified atom stereocenters. The third-order valence-corrected chi connectivity index (χ3v) is 4.99. The van der Waals surface area contributed by atoms with E-state index < -0.39 is 17.9 Å². The smallest absolute Gasteiger partial charge is 0.190 e. The van der Waals surface area contributed by atoms with Crippen LogP contribution in [0.1, 0.15) is 33.3 Å². The molecule has 3 heterocycles. The molecule has 0 bridgehead atoms. The lowest BCUT2D eigenvalue weighted by Crippen LogP contribution is -2.56. The van der Waals surface area contributed by atoms with Gasteiger partial charge in [-0.05, 0) is 39.8 Å². The maximum absolute atomic E-state index is 6.11. The van der Waals surface area contributed by atoms with Crippen LogP contribution in [-0.4, -0.2) is 56.0 Å². The summed E-state index contributed by atoms with van der Waals surface area (Å²) in [5.74, 6) is -0.655. The Bertz CT molecular complexity index is 729. The van der Waals surface area contributed by atoms with E-state index in [2.05, 4.69) is 0 Å². The molecule has 0 spiro atoms. The molecular formula is C21H28O7. The van der Waals surface area contributed by atoms with Crippen LogP contribution >= 0.6 is 0 Å². The Morgan fingerprint density at radius 2 is 1.61 bits per heavy atom. The number of fused-ring (bicyclic) bond motifs is 3. The molecule has 0 N–H and O–H groups in total.